The first-order chi connectivity index (χ1) is 15.6. The van der Waals surface area contributed by atoms with Crippen LogP contribution in [0.15, 0.2) is 53.5 Å². The van der Waals surface area contributed by atoms with Crippen molar-refractivity contribution in [1.29, 1.82) is 0 Å². The van der Waals surface area contributed by atoms with E-state index in [1.807, 2.05) is 62.4 Å². The molecule has 2 heterocycles. The summed E-state index contributed by atoms with van der Waals surface area (Å²) in [5.41, 5.74) is 4.37. The van der Waals surface area contributed by atoms with Gasteiger partial charge in [0.1, 0.15) is 0 Å². The normalized spacial score (nSPS) is 20.1. The summed E-state index contributed by atoms with van der Waals surface area (Å²) in [5, 5.41) is 9.19. The molecule has 0 spiro atoms. The van der Waals surface area contributed by atoms with Crippen LogP contribution in [0.1, 0.15) is 43.7 Å². The van der Waals surface area contributed by atoms with E-state index < -0.39 is 12.2 Å². The molecule has 4 rings (SSSR count). The quantitative estimate of drug-likeness (QED) is 0.611. The van der Waals surface area contributed by atoms with Crippen molar-refractivity contribution >= 4 is 41.4 Å². The number of urea groups is 1. The van der Waals surface area contributed by atoms with E-state index in [4.69, 9.17) is 4.99 Å². The van der Waals surface area contributed by atoms with Crippen molar-refractivity contribution in [2.75, 3.05) is 23.3 Å². The van der Waals surface area contributed by atoms with Gasteiger partial charge in [-0.2, -0.15) is 0 Å². The standard InChI is InChI=1S/C25H31N5O2.ClH/c1-3-15-30-21-13-5-4-11-19(21)22(20-12-6-7-14-26-20)28-23(24(30)31)29-25(32)27-18-10-8-9-17(2)16-18;/h4-5,8-11,13,16,20,23,26H,3,6-7,12,14-15H2,1-2H3,(H2,27,29,32);1H. The molecule has 2 unspecified atom stereocenters. The van der Waals surface area contributed by atoms with Crippen molar-refractivity contribution in [3.05, 3.63) is 59.7 Å². The minimum absolute atomic E-state index is 0. The molecule has 0 saturated carbocycles. The van der Waals surface area contributed by atoms with Crippen molar-refractivity contribution in [1.82, 2.24) is 10.6 Å². The number of aliphatic imine (C=N–C) groups is 1. The van der Waals surface area contributed by atoms with Gasteiger partial charge in [0.2, 0.25) is 6.17 Å². The van der Waals surface area contributed by atoms with Gasteiger partial charge in [-0.15, -0.1) is 12.4 Å². The maximum absolute atomic E-state index is 13.5. The number of rotatable bonds is 5. The SMILES string of the molecule is CCCN1C(=O)C(NC(=O)Nc2cccc(C)c2)N=C(C2CCCCN2)c2ccccc21.Cl. The van der Waals surface area contributed by atoms with Gasteiger partial charge in [0.15, 0.2) is 0 Å². The summed E-state index contributed by atoms with van der Waals surface area (Å²) in [6.07, 6.45) is 3.01. The lowest BCUT2D eigenvalue weighted by atomic mass is 9.94. The van der Waals surface area contributed by atoms with Gasteiger partial charge in [-0.25, -0.2) is 4.79 Å². The number of fused-ring (bicyclic) bond motifs is 1. The Bertz CT molecular complexity index is 1020. The lowest BCUT2D eigenvalue weighted by molar-refractivity contribution is -0.120. The molecule has 3 N–H and O–H groups in total. The second kappa shape index (κ2) is 11.3. The van der Waals surface area contributed by atoms with Gasteiger partial charge in [0, 0.05) is 23.8 Å². The number of nitrogens with one attached hydrogen (secondary N) is 3. The van der Waals surface area contributed by atoms with Crippen LogP contribution in [0.5, 0.6) is 0 Å². The lowest BCUT2D eigenvalue weighted by Crippen LogP contribution is -2.49. The first-order valence-corrected chi connectivity index (χ1v) is 11.4. The number of hydrogen-bond acceptors (Lipinski definition) is 4. The molecule has 2 aliphatic rings. The van der Waals surface area contributed by atoms with Gasteiger partial charge >= 0.3 is 6.03 Å². The number of benzodiazepines with no additional fused rings is 1. The number of para-hydroxylation sites is 1. The molecule has 0 aliphatic carbocycles. The Morgan fingerprint density at radius 3 is 2.73 bits per heavy atom. The van der Waals surface area contributed by atoms with Gasteiger partial charge in [0.25, 0.3) is 5.91 Å². The molecule has 7 nitrogen and oxygen atoms in total. The molecule has 2 aromatic carbocycles. The van der Waals surface area contributed by atoms with Gasteiger partial charge in [-0.1, -0.05) is 43.7 Å². The second-order valence-corrected chi connectivity index (χ2v) is 8.39. The fourth-order valence-electron chi connectivity index (χ4n) is 4.38. The number of hydrogen-bond donors (Lipinski definition) is 3. The molecule has 3 amide bonds. The summed E-state index contributed by atoms with van der Waals surface area (Å²) in [6.45, 7) is 5.49. The summed E-state index contributed by atoms with van der Waals surface area (Å²) in [6, 6.07) is 15.1. The molecule has 2 aliphatic heterocycles. The number of piperidine rings is 1. The number of amides is 3. The van der Waals surface area contributed by atoms with Gasteiger partial charge in [-0.05, 0) is 56.5 Å². The minimum atomic E-state index is -0.988. The topological polar surface area (TPSA) is 85.8 Å². The van der Waals surface area contributed by atoms with E-state index in [0.29, 0.717) is 12.2 Å². The molecule has 2 atom stereocenters. The third-order valence-electron chi connectivity index (χ3n) is 5.87. The van der Waals surface area contributed by atoms with Crippen LogP contribution in [0.4, 0.5) is 16.2 Å². The van der Waals surface area contributed by atoms with Crippen LogP contribution in [-0.2, 0) is 4.79 Å². The highest BCUT2D eigenvalue weighted by atomic mass is 35.5. The number of carbonyl (C=O) groups is 2. The van der Waals surface area contributed by atoms with E-state index in [9.17, 15) is 9.59 Å². The molecule has 1 fully saturated rings. The second-order valence-electron chi connectivity index (χ2n) is 8.39. The Balaban J connectivity index is 0.00000306. The molecule has 0 bridgehead atoms. The monoisotopic (exact) mass is 469 g/mol. The van der Waals surface area contributed by atoms with Crippen molar-refractivity contribution in [2.45, 2.75) is 51.7 Å². The first kappa shape index (κ1) is 24.7. The zero-order chi connectivity index (χ0) is 22.5. The Morgan fingerprint density at radius 1 is 1.18 bits per heavy atom. The van der Waals surface area contributed by atoms with Crippen LogP contribution in [0.25, 0.3) is 0 Å². The maximum atomic E-state index is 13.5. The number of nitrogens with zero attached hydrogens (tertiary/aromatic N) is 2. The molecular formula is C25H32ClN5O2. The Morgan fingerprint density at radius 2 is 2.00 bits per heavy atom. The van der Waals surface area contributed by atoms with Crippen molar-refractivity contribution < 1.29 is 9.59 Å². The van der Waals surface area contributed by atoms with E-state index in [1.54, 1.807) is 4.90 Å². The first-order valence-electron chi connectivity index (χ1n) is 11.4. The van der Waals surface area contributed by atoms with E-state index in [0.717, 1.165) is 54.8 Å². The zero-order valence-corrected chi connectivity index (χ0v) is 20.0. The number of aryl methyl sites for hydroxylation is 1. The predicted molar refractivity (Wildman–Crippen MR) is 136 cm³/mol. The molecule has 33 heavy (non-hydrogen) atoms. The smallest absolute Gasteiger partial charge is 0.309 e. The van der Waals surface area contributed by atoms with Crippen molar-refractivity contribution in [2.24, 2.45) is 4.99 Å². The average Bonchev–Trinajstić information content (AvgIpc) is 2.90. The highest BCUT2D eigenvalue weighted by Crippen LogP contribution is 2.28. The average molecular weight is 470 g/mol. The third kappa shape index (κ3) is 5.72. The Labute approximate surface area is 201 Å². The summed E-state index contributed by atoms with van der Waals surface area (Å²) in [5.74, 6) is -0.218. The Hall–Kier alpha value is -2.90. The van der Waals surface area contributed by atoms with Crippen molar-refractivity contribution in [3.8, 4) is 0 Å². The van der Waals surface area contributed by atoms with Crippen LogP contribution in [-0.4, -0.2) is 42.9 Å². The molecular weight excluding hydrogens is 438 g/mol. The van der Waals surface area contributed by atoms with Gasteiger partial charge in [0.05, 0.1) is 11.4 Å². The minimum Gasteiger partial charge on any atom is -0.309 e. The van der Waals surface area contributed by atoms with E-state index in [-0.39, 0.29) is 24.4 Å². The fraction of sp³-hybridized carbons (Fsp3) is 0.400. The Kier molecular flexibility index (Phi) is 8.47. The van der Waals surface area contributed by atoms with Crippen molar-refractivity contribution in [3.63, 3.8) is 0 Å². The number of halogens is 1. The molecule has 176 valence electrons. The summed E-state index contributed by atoms with van der Waals surface area (Å²) in [7, 11) is 0. The fourth-order valence-corrected chi connectivity index (χ4v) is 4.38. The summed E-state index contributed by atoms with van der Waals surface area (Å²) >= 11 is 0. The molecule has 2 aromatic rings. The van der Waals surface area contributed by atoms with E-state index in [1.165, 1.54) is 0 Å². The highest BCUT2D eigenvalue weighted by molar-refractivity contribution is 6.15. The van der Waals surface area contributed by atoms with Crippen LogP contribution in [0, 0.1) is 6.92 Å². The largest absolute Gasteiger partial charge is 0.321 e. The molecule has 0 aromatic heterocycles. The maximum Gasteiger partial charge on any atom is 0.321 e. The molecule has 0 radical (unpaired) electrons. The number of carbonyl (C=O) groups excluding carboxylic acids is 2. The lowest BCUT2D eigenvalue weighted by Gasteiger charge is -2.27. The highest BCUT2D eigenvalue weighted by Gasteiger charge is 2.34. The van der Waals surface area contributed by atoms with Crippen LogP contribution in [0.3, 0.4) is 0 Å². The van der Waals surface area contributed by atoms with Crippen LogP contribution < -0.4 is 20.9 Å². The van der Waals surface area contributed by atoms with Crippen LogP contribution in [0.2, 0.25) is 0 Å². The van der Waals surface area contributed by atoms with E-state index >= 15 is 0 Å². The van der Waals surface area contributed by atoms with Gasteiger partial charge in [-0.3, -0.25) is 9.79 Å². The molecule has 8 heteroatoms. The summed E-state index contributed by atoms with van der Waals surface area (Å²) in [4.78, 5) is 32.9. The third-order valence-corrected chi connectivity index (χ3v) is 5.87. The van der Waals surface area contributed by atoms with Gasteiger partial charge < -0.3 is 20.9 Å². The number of anilines is 2. The van der Waals surface area contributed by atoms with Crippen LogP contribution >= 0.6 is 12.4 Å². The summed E-state index contributed by atoms with van der Waals surface area (Å²) < 4.78 is 0. The predicted octanol–water partition coefficient (Wildman–Crippen LogP) is 4.25. The zero-order valence-electron chi connectivity index (χ0n) is 19.1. The van der Waals surface area contributed by atoms with E-state index in [2.05, 4.69) is 16.0 Å². The number of benzene rings is 2. The molecule has 1 saturated heterocycles.